The Bertz CT molecular complexity index is 1020. The van der Waals surface area contributed by atoms with E-state index in [0.29, 0.717) is 26.1 Å². The number of carbonyl (C=O) groups is 3. The summed E-state index contributed by atoms with van der Waals surface area (Å²) in [4.78, 5) is 39.1. The molecule has 1 fully saturated rings. The van der Waals surface area contributed by atoms with Crippen molar-refractivity contribution in [2.75, 3.05) is 40.5 Å². The molecule has 0 atom stereocenters. The maximum absolute atomic E-state index is 12.4. The van der Waals surface area contributed by atoms with Crippen LogP contribution in [-0.4, -0.2) is 68.0 Å². The van der Waals surface area contributed by atoms with Crippen molar-refractivity contribution in [2.45, 2.75) is 84.5 Å². The van der Waals surface area contributed by atoms with Gasteiger partial charge in [0.25, 0.3) is 5.91 Å². The molecule has 0 spiro atoms. The molecule has 0 aromatic heterocycles. The van der Waals surface area contributed by atoms with Crippen molar-refractivity contribution < 1.29 is 18.8 Å². The maximum atomic E-state index is 12.4. The van der Waals surface area contributed by atoms with Gasteiger partial charge < -0.3 is 15.5 Å². The molecule has 8 heteroatoms. The summed E-state index contributed by atoms with van der Waals surface area (Å²) >= 11 is 0. The third-order valence-electron chi connectivity index (χ3n) is 6.88. The lowest BCUT2D eigenvalue weighted by atomic mass is 9.91. The van der Waals surface area contributed by atoms with Gasteiger partial charge in [-0.2, -0.15) is 0 Å². The molecule has 1 aromatic rings. The monoisotopic (exact) mass is 596 g/mol. The van der Waals surface area contributed by atoms with Gasteiger partial charge in [0.2, 0.25) is 11.8 Å². The highest BCUT2D eigenvalue weighted by atomic mass is 19.1. The summed E-state index contributed by atoms with van der Waals surface area (Å²) in [6.07, 6.45) is 22.1. The molecular weight excluding hydrogens is 543 g/mol. The minimum absolute atomic E-state index is 0.0260. The summed E-state index contributed by atoms with van der Waals surface area (Å²) in [5.74, 6) is 4.60. The largest absolute Gasteiger partial charge is 0.351 e. The Morgan fingerprint density at radius 1 is 1.00 bits per heavy atom. The first-order valence-electron chi connectivity index (χ1n) is 15.3. The van der Waals surface area contributed by atoms with Crippen LogP contribution in [0.25, 0.3) is 0 Å². The number of aryl methyl sites for hydroxylation is 1. The van der Waals surface area contributed by atoms with Gasteiger partial charge in [-0.05, 0) is 32.7 Å². The van der Waals surface area contributed by atoms with Crippen LogP contribution >= 0.6 is 0 Å². The summed E-state index contributed by atoms with van der Waals surface area (Å²) < 4.78 is 12.4. The Balaban J connectivity index is 0.00000100. The third kappa shape index (κ3) is 22.6. The van der Waals surface area contributed by atoms with Crippen LogP contribution in [-0.2, 0) is 14.4 Å². The highest BCUT2D eigenvalue weighted by Gasteiger charge is 2.15. The molecule has 2 N–H and O–H groups in total. The van der Waals surface area contributed by atoms with E-state index in [1.807, 2.05) is 18.2 Å². The van der Waals surface area contributed by atoms with E-state index < -0.39 is 18.6 Å². The van der Waals surface area contributed by atoms with Gasteiger partial charge >= 0.3 is 0 Å². The van der Waals surface area contributed by atoms with Crippen LogP contribution in [0, 0.1) is 37.5 Å². The SMILES string of the molecule is C#C/C=C(/NC(=O)CCC(=O)N(C)CCN(C)CF)C(=O)NCCCCCC#C.CC1CCCCC1.Cc1ccccc1. The molecule has 0 heterocycles. The van der Waals surface area contributed by atoms with Crippen LogP contribution in [0.5, 0.6) is 0 Å². The first kappa shape index (κ1) is 39.4. The van der Waals surface area contributed by atoms with Crippen LogP contribution < -0.4 is 10.6 Å². The molecule has 43 heavy (non-hydrogen) atoms. The Labute approximate surface area is 260 Å². The average Bonchev–Trinajstić information content (AvgIpc) is 3.01. The van der Waals surface area contributed by atoms with Crippen molar-refractivity contribution in [3.8, 4) is 24.7 Å². The molecule has 0 unspecified atom stereocenters. The number of likely N-dealkylation sites (N-methyl/N-ethyl adjacent to an activating group) is 2. The number of amides is 3. The Hall–Kier alpha value is -3.62. The number of allylic oxidation sites excluding steroid dienone is 1. The standard InChI is InChI=1S/C21H31FN4O3.C7H14.C7H8/c1-5-7-8-9-10-14-23-21(29)18(11-6-2)24-19(27)12-13-20(28)26(4)16-15-25(3)17-22;2*1-7-5-3-2-4-6-7/h1-2,11H,7-10,12-17H2,3-4H3,(H,23,29)(H,24,27);7H,2-6H2,1H3;2-6H,1H3/b18-11+;;. The second-order valence-corrected chi connectivity index (χ2v) is 11.0. The van der Waals surface area contributed by atoms with Crippen LogP contribution in [0.3, 0.4) is 0 Å². The van der Waals surface area contributed by atoms with E-state index in [1.165, 1.54) is 53.5 Å². The lowest BCUT2D eigenvalue weighted by Gasteiger charge is -2.20. The molecule has 0 saturated heterocycles. The first-order valence-corrected chi connectivity index (χ1v) is 15.3. The fourth-order valence-electron chi connectivity index (χ4n) is 4.04. The molecule has 1 aliphatic carbocycles. The number of unbranched alkanes of at least 4 members (excludes halogenated alkanes) is 3. The number of nitrogens with zero attached hydrogens (tertiary/aromatic N) is 2. The number of benzene rings is 1. The molecular formula is C35H53FN4O3. The minimum atomic E-state index is -0.596. The molecule has 2 rings (SSSR count). The summed E-state index contributed by atoms with van der Waals surface area (Å²) in [7, 11) is 3.19. The van der Waals surface area contributed by atoms with Gasteiger partial charge in [-0.1, -0.05) is 87.3 Å². The molecule has 238 valence electrons. The smallest absolute Gasteiger partial charge is 0.268 e. The van der Waals surface area contributed by atoms with Crippen LogP contribution in [0.1, 0.15) is 83.1 Å². The molecule has 1 aromatic carbocycles. The number of nitrogens with one attached hydrogen (secondary N) is 2. The second kappa shape index (κ2) is 26.0. The number of rotatable bonds is 14. The minimum Gasteiger partial charge on any atom is -0.351 e. The number of hydrogen-bond donors (Lipinski definition) is 2. The average molecular weight is 597 g/mol. The van der Waals surface area contributed by atoms with Gasteiger partial charge in [0.1, 0.15) is 12.5 Å². The molecule has 0 radical (unpaired) electrons. The number of terminal acetylenes is 2. The fourth-order valence-corrected chi connectivity index (χ4v) is 4.04. The van der Waals surface area contributed by atoms with Gasteiger partial charge in [-0.15, -0.1) is 18.8 Å². The van der Waals surface area contributed by atoms with Crippen LogP contribution in [0.4, 0.5) is 4.39 Å². The van der Waals surface area contributed by atoms with E-state index in [0.717, 1.165) is 25.2 Å². The molecule has 1 aliphatic rings. The highest BCUT2D eigenvalue weighted by Crippen LogP contribution is 2.22. The van der Waals surface area contributed by atoms with Gasteiger partial charge in [0.05, 0.1) is 0 Å². The number of hydrogen-bond acceptors (Lipinski definition) is 4. The molecule has 1 saturated carbocycles. The predicted octanol–water partition coefficient (Wildman–Crippen LogP) is 5.61. The van der Waals surface area contributed by atoms with Crippen molar-refractivity contribution in [3.05, 3.63) is 47.7 Å². The van der Waals surface area contributed by atoms with E-state index in [-0.39, 0.29) is 24.4 Å². The summed E-state index contributed by atoms with van der Waals surface area (Å²) in [6.45, 7) is 5.04. The maximum Gasteiger partial charge on any atom is 0.268 e. The van der Waals surface area contributed by atoms with Crippen molar-refractivity contribution in [1.82, 2.24) is 20.4 Å². The zero-order valence-corrected chi connectivity index (χ0v) is 26.8. The summed E-state index contributed by atoms with van der Waals surface area (Å²) in [5, 5.41) is 5.13. The van der Waals surface area contributed by atoms with Crippen LogP contribution in [0.2, 0.25) is 0 Å². The Morgan fingerprint density at radius 2 is 1.67 bits per heavy atom. The molecule has 0 bridgehead atoms. The highest BCUT2D eigenvalue weighted by molar-refractivity contribution is 5.98. The molecule has 3 amide bonds. The molecule has 0 aliphatic heterocycles. The van der Waals surface area contributed by atoms with Crippen LogP contribution in [0.15, 0.2) is 42.1 Å². The summed E-state index contributed by atoms with van der Waals surface area (Å²) in [6, 6.07) is 10.3. The quantitative estimate of drug-likeness (QED) is 0.127. The van der Waals surface area contributed by atoms with Crippen molar-refractivity contribution in [2.24, 2.45) is 5.92 Å². The van der Waals surface area contributed by atoms with E-state index in [4.69, 9.17) is 12.8 Å². The predicted molar refractivity (Wildman–Crippen MR) is 174 cm³/mol. The van der Waals surface area contributed by atoms with Crippen molar-refractivity contribution >= 4 is 17.7 Å². The zero-order chi connectivity index (χ0) is 32.3. The number of alkyl halides is 1. The lowest BCUT2D eigenvalue weighted by molar-refractivity contribution is -0.132. The Kier molecular flexibility index (Phi) is 23.8. The molecule has 7 nitrogen and oxygen atoms in total. The van der Waals surface area contributed by atoms with Gasteiger partial charge in [-0.25, -0.2) is 4.39 Å². The van der Waals surface area contributed by atoms with E-state index in [9.17, 15) is 18.8 Å². The van der Waals surface area contributed by atoms with Crippen molar-refractivity contribution in [3.63, 3.8) is 0 Å². The number of carbonyl (C=O) groups excluding carboxylic acids is 3. The second-order valence-electron chi connectivity index (χ2n) is 11.0. The van der Waals surface area contributed by atoms with Crippen molar-refractivity contribution in [1.29, 1.82) is 0 Å². The van der Waals surface area contributed by atoms with Gasteiger partial charge in [0, 0.05) is 52.0 Å². The Morgan fingerprint density at radius 3 is 2.19 bits per heavy atom. The van der Waals surface area contributed by atoms with Gasteiger partial charge in [0.15, 0.2) is 0 Å². The zero-order valence-electron chi connectivity index (χ0n) is 26.8. The normalized spacial score (nSPS) is 12.8. The lowest BCUT2D eigenvalue weighted by Crippen LogP contribution is -2.37. The van der Waals surface area contributed by atoms with E-state index in [1.54, 1.807) is 14.1 Å². The summed E-state index contributed by atoms with van der Waals surface area (Å²) in [5.41, 5.74) is 1.29. The fraction of sp³-hybridized carbons (Fsp3) is 0.571. The van der Waals surface area contributed by atoms with E-state index >= 15 is 0 Å². The number of halogens is 1. The third-order valence-corrected chi connectivity index (χ3v) is 6.88. The topological polar surface area (TPSA) is 81.8 Å². The van der Waals surface area contributed by atoms with Gasteiger partial charge in [-0.3, -0.25) is 19.3 Å². The van der Waals surface area contributed by atoms with E-state index in [2.05, 4.69) is 48.5 Å². The first-order chi connectivity index (χ1) is 20.6.